The quantitative estimate of drug-likeness (QED) is 0.807. The summed E-state index contributed by atoms with van der Waals surface area (Å²) < 4.78 is 10.9. The van der Waals surface area contributed by atoms with Gasteiger partial charge >= 0.3 is 5.97 Å². The highest BCUT2D eigenvalue weighted by atomic mass is 16.5. The van der Waals surface area contributed by atoms with Crippen molar-refractivity contribution < 1.29 is 14.3 Å². The molecule has 2 aromatic rings. The zero-order valence-electron chi connectivity index (χ0n) is 14.1. The normalized spacial score (nSPS) is 21.4. The van der Waals surface area contributed by atoms with E-state index in [-0.39, 0.29) is 18.2 Å². The van der Waals surface area contributed by atoms with Crippen LogP contribution in [0.1, 0.15) is 34.5 Å². The van der Waals surface area contributed by atoms with E-state index in [1.165, 1.54) is 12.7 Å². The highest BCUT2D eigenvalue weighted by Crippen LogP contribution is 2.26. The van der Waals surface area contributed by atoms with E-state index < -0.39 is 0 Å². The lowest BCUT2D eigenvalue weighted by atomic mass is 10.0. The smallest absolute Gasteiger partial charge is 0.337 e. The monoisotopic (exact) mass is 325 g/mol. The minimum Gasteiger partial charge on any atom is -0.465 e. The van der Waals surface area contributed by atoms with Crippen LogP contribution in [0.15, 0.2) is 54.6 Å². The molecule has 4 heteroatoms. The Morgan fingerprint density at radius 1 is 1.12 bits per heavy atom. The van der Waals surface area contributed by atoms with Crippen LogP contribution in [0.4, 0.5) is 0 Å². The van der Waals surface area contributed by atoms with Crippen LogP contribution in [-0.2, 0) is 16.0 Å². The van der Waals surface area contributed by atoms with Crippen molar-refractivity contribution in [2.75, 3.05) is 20.2 Å². The molecule has 1 saturated heterocycles. The molecule has 1 aliphatic rings. The minimum absolute atomic E-state index is 0.0177. The van der Waals surface area contributed by atoms with Gasteiger partial charge in [0.2, 0.25) is 0 Å². The number of morpholine rings is 1. The van der Waals surface area contributed by atoms with Gasteiger partial charge in [0.25, 0.3) is 0 Å². The van der Waals surface area contributed by atoms with Crippen molar-refractivity contribution in [1.82, 2.24) is 4.90 Å². The number of methoxy groups -OCH3 is 1. The van der Waals surface area contributed by atoms with Gasteiger partial charge in [-0.1, -0.05) is 42.5 Å². The third-order valence-corrected chi connectivity index (χ3v) is 4.29. The molecule has 0 bridgehead atoms. The summed E-state index contributed by atoms with van der Waals surface area (Å²) in [7, 11) is 1.39. The topological polar surface area (TPSA) is 38.8 Å². The number of nitrogens with zero attached hydrogens (tertiary/aromatic N) is 1. The molecule has 3 rings (SSSR count). The van der Waals surface area contributed by atoms with Crippen LogP contribution in [0, 0.1) is 0 Å². The molecule has 0 amide bonds. The van der Waals surface area contributed by atoms with Gasteiger partial charge in [0.1, 0.15) is 0 Å². The molecule has 24 heavy (non-hydrogen) atoms. The van der Waals surface area contributed by atoms with Crippen LogP contribution >= 0.6 is 0 Å². The molecule has 4 nitrogen and oxygen atoms in total. The first-order valence-corrected chi connectivity index (χ1v) is 8.25. The average Bonchev–Trinajstić information content (AvgIpc) is 2.61. The Hall–Kier alpha value is -2.17. The van der Waals surface area contributed by atoms with Gasteiger partial charge in [-0.05, 0) is 30.2 Å². The molecule has 0 aliphatic carbocycles. The Labute approximate surface area is 143 Å². The Morgan fingerprint density at radius 3 is 2.50 bits per heavy atom. The van der Waals surface area contributed by atoms with Gasteiger partial charge < -0.3 is 9.47 Å². The van der Waals surface area contributed by atoms with Gasteiger partial charge in [-0.15, -0.1) is 0 Å². The molecule has 0 aromatic heterocycles. The average molecular weight is 325 g/mol. The van der Waals surface area contributed by atoms with E-state index in [2.05, 4.69) is 36.1 Å². The third-order valence-electron chi connectivity index (χ3n) is 4.29. The molecule has 2 atom stereocenters. The lowest BCUT2D eigenvalue weighted by Gasteiger charge is -2.37. The van der Waals surface area contributed by atoms with E-state index in [1.54, 1.807) is 12.1 Å². The standard InChI is InChI=1S/C20H23NO3/c1-15-12-21(13-16-6-4-3-5-7-16)14-19(24-15)17-8-10-18(11-9-17)20(22)23-2/h3-11,15,19H,12-14H2,1-2H3/t15-,19+/m1/s1. The second-order valence-corrected chi connectivity index (χ2v) is 6.23. The predicted octanol–water partition coefficient (Wildman–Crippen LogP) is 3.44. The molecule has 1 heterocycles. The number of carbonyl (C=O) groups is 1. The van der Waals surface area contributed by atoms with Gasteiger partial charge in [0.05, 0.1) is 24.9 Å². The van der Waals surface area contributed by atoms with E-state index in [4.69, 9.17) is 9.47 Å². The molecule has 1 fully saturated rings. The second-order valence-electron chi connectivity index (χ2n) is 6.23. The number of benzene rings is 2. The number of esters is 1. The molecule has 126 valence electrons. The number of ether oxygens (including phenoxy) is 2. The molecule has 0 unspecified atom stereocenters. The van der Waals surface area contributed by atoms with Crippen molar-refractivity contribution in [3.05, 3.63) is 71.3 Å². The van der Waals surface area contributed by atoms with E-state index in [0.29, 0.717) is 5.56 Å². The van der Waals surface area contributed by atoms with E-state index in [1.807, 2.05) is 18.2 Å². The van der Waals surface area contributed by atoms with E-state index in [9.17, 15) is 4.79 Å². The summed E-state index contributed by atoms with van der Waals surface area (Å²) >= 11 is 0. The lowest BCUT2D eigenvalue weighted by Crippen LogP contribution is -2.42. The van der Waals surface area contributed by atoms with Crippen molar-refractivity contribution in [3.63, 3.8) is 0 Å². The summed E-state index contributed by atoms with van der Waals surface area (Å²) in [6.45, 7) is 4.79. The fourth-order valence-corrected chi connectivity index (χ4v) is 3.15. The fourth-order valence-electron chi connectivity index (χ4n) is 3.15. The van der Waals surface area contributed by atoms with Gasteiger partial charge in [0, 0.05) is 19.6 Å². The van der Waals surface area contributed by atoms with Crippen molar-refractivity contribution in [1.29, 1.82) is 0 Å². The Kier molecular flexibility index (Phi) is 5.28. The van der Waals surface area contributed by atoms with Crippen LogP contribution < -0.4 is 0 Å². The van der Waals surface area contributed by atoms with Crippen molar-refractivity contribution in [2.45, 2.75) is 25.7 Å². The first-order valence-electron chi connectivity index (χ1n) is 8.25. The summed E-state index contributed by atoms with van der Waals surface area (Å²) in [5, 5.41) is 0. The third kappa shape index (κ3) is 4.02. The number of hydrogen-bond donors (Lipinski definition) is 0. The minimum atomic E-state index is -0.315. The van der Waals surface area contributed by atoms with Gasteiger partial charge in [-0.2, -0.15) is 0 Å². The summed E-state index contributed by atoms with van der Waals surface area (Å²) in [4.78, 5) is 14.0. The largest absolute Gasteiger partial charge is 0.465 e. The summed E-state index contributed by atoms with van der Waals surface area (Å²) in [5.74, 6) is -0.315. The SMILES string of the molecule is COC(=O)c1ccc([C@@H]2CN(Cc3ccccc3)C[C@@H](C)O2)cc1. The molecule has 1 aliphatic heterocycles. The maximum atomic E-state index is 11.5. The van der Waals surface area contributed by atoms with Gasteiger partial charge in [-0.3, -0.25) is 4.90 Å². The van der Waals surface area contributed by atoms with Crippen LogP contribution in [0.25, 0.3) is 0 Å². The fraction of sp³-hybridized carbons (Fsp3) is 0.350. The molecular formula is C20H23NO3. The second kappa shape index (κ2) is 7.60. The van der Waals surface area contributed by atoms with Crippen LogP contribution in [0.2, 0.25) is 0 Å². The van der Waals surface area contributed by atoms with Gasteiger partial charge in [-0.25, -0.2) is 4.79 Å². The molecule has 0 N–H and O–H groups in total. The lowest BCUT2D eigenvalue weighted by molar-refractivity contribution is -0.0814. The number of hydrogen-bond acceptors (Lipinski definition) is 4. The maximum absolute atomic E-state index is 11.5. The number of carbonyl (C=O) groups excluding carboxylic acids is 1. The van der Waals surface area contributed by atoms with Crippen LogP contribution in [-0.4, -0.2) is 37.2 Å². The van der Waals surface area contributed by atoms with E-state index >= 15 is 0 Å². The molecule has 0 spiro atoms. The molecule has 0 radical (unpaired) electrons. The first kappa shape index (κ1) is 16.7. The Bertz CT molecular complexity index is 669. The summed E-state index contributed by atoms with van der Waals surface area (Å²) in [6.07, 6.45) is 0.192. The van der Waals surface area contributed by atoms with Gasteiger partial charge in [0.15, 0.2) is 0 Å². The van der Waals surface area contributed by atoms with E-state index in [0.717, 1.165) is 25.2 Å². The first-order chi connectivity index (χ1) is 11.7. The summed E-state index contributed by atoms with van der Waals surface area (Å²) in [5.41, 5.74) is 2.96. The van der Waals surface area contributed by atoms with Crippen molar-refractivity contribution in [2.24, 2.45) is 0 Å². The maximum Gasteiger partial charge on any atom is 0.337 e. The number of rotatable bonds is 4. The molecular weight excluding hydrogens is 302 g/mol. The van der Waals surface area contributed by atoms with Crippen LogP contribution in [0.3, 0.4) is 0 Å². The predicted molar refractivity (Wildman–Crippen MR) is 92.8 cm³/mol. The zero-order valence-corrected chi connectivity index (χ0v) is 14.1. The van der Waals surface area contributed by atoms with Crippen LogP contribution in [0.5, 0.6) is 0 Å². The molecule has 0 saturated carbocycles. The van der Waals surface area contributed by atoms with Crippen molar-refractivity contribution in [3.8, 4) is 0 Å². The Balaban J connectivity index is 1.70. The Morgan fingerprint density at radius 2 is 1.83 bits per heavy atom. The highest BCUT2D eigenvalue weighted by Gasteiger charge is 2.26. The highest BCUT2D eigenvalue weighted by molar-refractivity contribution is 5.89. The zero-order chi connectivity index (χ0) is 16.9. The van der Waals surface area contributed by atoms with Crippen molar-refractivity contribution >= 4 is 5.97 Å². The summed E-state index contributed by atoms with van der Waals surface area (Å²) in [6, 6.07) is 18.0. The molecule has 2 aromatic carbocycles.